The minimum absolute atomic E-state index is 0.0172. The molecule has 1 aliphatic heterocycles. The van der Waals surface area contributed by atoms with Crippen LogP contribution in [0.1, 0.15) is 184 Å². The highest BCUT2D eigenvalue weighted by molar-refractivity contribution is 8.00. The number of benzene rings is 2. The van der Waals surface area contributed by atoms with Crippen LogP contribution in [-0.2, 0) is 106 Å². The Morgan fingerprint density at radius 2 is 1.17 bits per heavy atom. The minimum Gasteiger partial charge on any atom is -0.481 e. The molecule has 0 bridgehead atoms. The van der Waals surface area contributed by atoms with Gasteiger partial charge in [0.05, 0.1) is 70.6 Å². The SMILES string of the molecule is Cc1ccccc1NC(=O)Nc1ccc(CC(=O)N[C@@H](CCCCNC(=O)/C=C/c2cccnc2)C(=O)N[C@@H](CCCC(=O)O)C(=O)NC2(C(=O)NCCOCCOCCNC(=O)CCC(=O)NCCOCCOCCNC(=O)CCC(=O)N[C@@H](CCCCNC(=O)[C@H](N)CSC3CC(=O)N(CC4CCC(C(=O)NCCCC(C)(O)O[P+](=O)O)CC4)C3=O)C(N)=O)CCCCC2)cc1. The monoisotopic (exact) mass is 1900 g/mol. The summed E-state index contributed by atoms with van der Waals surface area (Å²) in [5, 5.41) is 54.6. The molecule has 20 N–H and O–H groups in total. The van der Waals surface area contributed by atoms with E-state index in [2.05, 4.69) is 78.6 Å². The number of thioether (sulfide) groups is 1. The zero-order valence-electron chi connectivity index (χ0n) is 75.8. The van der Waals surface area contributed by atoms with Crippen molar-refractivity contribution in [3.63, 3.8) is 0 Å². The molecule has 44 heteroatoms. The molecule has 3 fully saturated rings. The number of ether oxygens (including phenoxy) is 4. The van der Waals surface area contributed by atoms with Crippen LogP contribution in [-0.4, -0.2) is 271 Å². The van der Waals surface area contributed by atoms with E-state index in [0.717, 1.165) is 29.3 Å². The van der Waals surface area contributed by atoms with Crippen LogP contribution in [0.3, 0.4) is 0 Å². The van der Waals surface area contributed by atoms with Crippen LogP contribution < -0.4 is 80.6 Å². The lowest BCUT2D eigenvalue weighted by Gasteiger charge is -2.38. The van der Waals surface area contributed by atoms with E-state index in [1.807, 2.05) is 19.1 Å². The number of nitrogens with zero attached hydrogens (tertiary/aromatic N) is 2. The molecule has 16 amide bonds. The molecular formula is C89H133N17O25PS+. The summed E-state index contributed by atoms with van der Waals surface area (Å²) >= 11 is 1.13. The quantitative estimate of drug-likeness (QED) is 0.0127. The van der Waals surface area contributed by atoms with E-state index in [1.54, 1.807) is 67.0 Å². The topological polar surface area (TPSA) is 622 Å². The number of nitrogens with two attached hydrogens (primary N) is 2. The van der Waals surface area contributed by atoms with Gasteiger partial charge in [0, 0.05) is 143 Å². The predicted octanol–water partition coefficient (Wildman–Crippen LogP) is 2.23. The number of imide groups is 1. The van der Waals surface area contributed by atoms with Gasteiger partial charge in [-0.25, -0.2) is 4.79 Å². The lowest BCUT2D eigenvalue weighted by molar-refractivity contribution is -0.140. The first-order valence-corrected chi connectivity index (χ1v) is 47.5. The Bertz CT molecular complexity index is 4320. The normalized spacial score (nSPS) is 16.7. The third-order valence-corrected chi connectivity index (χ3v) is 23.9. The van der Waals surface area contributed by atoms with Gasteiger partial charge in [0.25, 0.3) is 0 Å². The van der Waals surface area contributed by atoms with Gasteiger partial charge in [-0.1, -0.05) is 60.2 Å². The van der Waals surface area contributed by atoms with Crippen molar-refractivity contribution in [3.8, 4) is 0 Å². The Hall–Kier alpha value is -11.0. The predicted molar refractivity (Wildman–Crippen MR) is 490 cm³/mol. The fraction of sp³-hybridized carbons (Fsp3) is 0.607. The van der Waals surface area contributed by atoms with Crippen molar-refractivity contribution < 1.29 is 120 Å². The lowest BCUT2D eigenvalue weighted by Crippen LogP contribution is -2.63. The van der Waals surface area contributed by atoms with Crippen molar-refractivity contribution in [3.05, 3.63) is 95.8 Å². The van der Waals surface area contributed by atoms with E-state index < -0.39 is 108 Å². The molecule has 3 unspecified atom stereocenters. The van der Waals surface area contributed by atoms with Crippen LogP contribution in [0.25, 0.3) is 6.08 Å². The summed E-state index contributed by atoms with van der Waals surface area (Å²) in [5.74, 6) is -9.70. The van der Waals surface area contributed by atoms with Crippen molar-refractivity contribution in [1.82, 2.24) is 68.4 Å². The van der Waals surface area contributed by atoms with Crippen LogP contribution >= 0.6 is 20.0 Å². The number of amides is 16. The molecule has 1 aromatic heterocycles. The van der Waals surface area contributed by atoms with Crippen LogP contribution in [0.15, 0.2) is 79.1 Å². The highest BCUT2D eigenvalue weighted by Gasteiger charge is 2.44. The highest BCUT2D eigenvalue weighted by Crippen LogP contribution is 2.34. The fourth-order valence-corrected chi connectivity index (χ4v) is 16.3. The van der Waals surface area contributed by atoms with Crippen molar-refractivity contribution in [2.45, 2.75) is 222 Å². The summed E-state index contributed by atoms with van der Waals surface area (Å²) in [6, 6.07) is 12.4. The number of hydrogen-bond acceptors (Lipinski definition) is 26. The smallest absolute Gasteiger partial charge is 0.481 e. The molecule has 42 nitrogen and oxygen atoms in total. The van der Waals surface area contributed by atoms with Crippen molar-refractivity contribution in [1.29, 1.82) is 0 Å². The molecular weight excluding hydrogens is 1770 g/mol. The summed E-state index contributed by atoms with van der Waals surface area (Å²) < 4.78 is 37.7. The number of rotatable bonds is 65. The molecule has 133 heavy (non-hydrogen) atoms. The van der Waals surface area contributed by atoms with E-state index >= 15 is 0 Å². The van der Waals surface area contributed by atoms with Crippen molar-refractivity contribution in [2.75, 3.05) is 122 Å². The summed E-state index contributed by atoms with van der Waals surface area (Å²) in [5.41, 5.74) is 13.6. The minimum atomic E-state index is -2.98. The first-order valence-electron chi connectivity index (χ1n) is 45.3. The van der Waals surface area contributed by atoms with Gasteiger partial charge in [0.1, 0.15) is 23.7 Å². The molecule has 3 aliphatic rings. The second-order valence-corrected chi connectivity index (χ2v) is 34.8. The van der Waals surface area contributed by atoms with Gasteiger partial charge in [0.2, 0.25) is 88.5 Å². The molecule has 0 radical (unpaired) electrons. The largest absolute Gasteiger partial charge is 0.697 e. The second-order valence-electron chi connectivity index (χ2n) is 32.9. The average Bonchev–Trinajstić information content (AvgIpc) is 1.01. The molecule has 1 saturated heterocycles. The molecule has 734 valence electrons. The number of hydrogen-bond donors (Lipinski definition) is 18. The summed E-state index contributed by atoms with van der Waals surface area (Å²) in [7, 11) is -2.98. The van der Waals surface area contributed by atoms with Gasteiger partial charge >= 0.3 is 20.3 Å². The molecule has 7 atom stereocenters. The van der Waals surface area contributed by atoms with Gasteiger partial charge in [-0.05, 0) is 163 Å². The Labute approximate surface area is 778 Å². The number of carbonyl (C=O) groups is 16. The maximum absolute atomic E-state index is 14.4. The summed E-state index contributed by atoms with van der Waals surface area (Å²) in [6.45, 7) is 5.72. The first kappa shape index (κ1) is 111. The van der Waals surface area contributed by atoms with Crippen LogP contribution in [0.4, 0.5) is 16.2 Å². The molecule has 6 rings (SSSR count). The molecule has 2 heterocycles. The Kier molecular flexibility index (Phi) is 51.4. The number of para-hydroxylation sites is 1. The standard InChI is InChI=1S/C89H132N17O25PS/c1-60-15-4-5-17-67(60)104-87(123)100-65-29-24-61(25-30-65)55-77(112)102-69(19-7-10-40-93-72(107)31-26-62-16-13-39-92-57-62)83(119)103-70(20-12-21-79(114)115)84(120)105-89(37-8-3-9-38-89)86(122)99-46-50-130-54-53-129-48-44-95-74(109)33-32-73(108)94-43-47-127-51-52-128-49-45-96-75(110)34-35-76(111)101-68(80(91)116)18-6-11-41-98-82(118)66(90)59-133-71-56-78(113)106(85(71)121)58-63-22-27-64(28-23-63)81(117)97-42-14-36-88(2,124)131-132(125)126/h4-5,13,15-17,24-26,29-31,39,57,63-64,66,68-71,124H,3,6-12,14,18-23,27-28,32-38,40-56,58-59,90H2,1-2H3,(H16-,91,93,94,95,96,97,98,99,100,101,102,103,104,105,107,108,109,110,111,112,114,115,116,117,118,119,120,122,123,125,126)/p+1/b31-26+/t63?,64?,66-,68+,69+,70+,71?,88?/m1/s1. The molecule has 2 saturated carbocycles. The van der Waals surface area contributed by atoms with Gasteiger partial charge in [-0.2, -0.15) is 0 Å². The molecule has 2 aromatic carbocycles. The fourth-order valence-electron chi connectivity index (χ4n) is 14.7. The molecule has 3 aromatic rings. The number of aliphatic carboxylic acids is 1. The third-order valence-electron chi connectivity index (χ3n) is 22.1. The molecule has 2 aliphatic carbocycles. The maximum Gasteiger partial charge on any atom is 0.697 e. The number of pyridine rings is 1. The average molecular weight is 1900 g/mol. The Morgan fingerprint density at radius 1 is 0.609 bits per heavy atom. The van der Waals surface area contributed by atoms with Crippen molar-refractivity contribution in [2.24, 2.45) is 23.3 Å². The number of carboxylic acid groups (broad SMARTS) is 1. The number of anilines is 2. The number of aromatic nitrogens is 1. The molecule has 0 spiro atoms. The van der Waals surface area contributed by atoms with Crippen LogP contribution in [0, 0.1) is 18.8 Å². The highest BCUT2D eigenvalue weighted by atomic mass is 32.2. The third kappa shape index (κ3) is 45.5. The maximum atomic E-state index is 14.4. The van der Waals surface area contributed by atoms with E-state index in [-0.39, 0.29) is 248 Å². The first-order chi connectivity index (χ1) is 63.8. The van der Waals surface area contributed by atoms with E-state index in [9.17, 15) is 91.5 Å². The zero-order valence-corrected chi connectivity index (χ0v) is 77.5. The van der Waals surface area contributed by atoms with Gasteiger partial charge in [-0.15, -0.1) is 16.7 Å². The number of unbranched alkanes of at least 4 members (excludes halogenated alkanes) is 2. The summed E-state index contributed by atoms with van der Waals surface area (Å²) in [4.78, 5) is 222. The van der Waals surface area contributed by atoms with Crippen molar-refractivity contribution >= 4 is 132 Å². The number of carboxylic acids is 1. The number of aryl methyl sites for hydroxylation is 1. The zero-order chi connectivity index (χ0) is 96.8. The van der Waals surface area contributed by atoms with E-state index in [0.29, 0.717) is 87.6 Å². The number of likely N-dealkylation sites (tertiary alicyclic amines) is 1. The van der Waals surface area contributed by atoms with Gasteiger partial charge in [0.15, 0.2) is 0 Å². The lowest BCUT2D eigenvalue weighted by atomic mass is 9.80. The van der Waals surface area contributed by atoms with Gasteiger partial charge in [-0.3, -0.25) is 81.8 Å². The Morgan fingerprint density at radius 3 is 1.76 bits per heavy atom. The van der Waals surface area contributed by atoms with Gasteiger partial charge < -0.3 is 110 Å². The number of aliphatic hydroxyl groups is 1. The number of carbonyl (C=O) groups excluding carboxylic acids is 15. The van der Waals surface area contributed by atoms with Crippen LogP contribution in [0.2, 0.25) is 0 Å². The summed E-state index contributed by atoms with van der Waals surface area (Å²) in [6.07, 6.45) is 12.0. The van der Waals surface area contributed by atoms with E-state index in [1.165, 1.54) is 17.9 Å². The van der Waals surface area contributed by atoms with Crippen LogP contribution in [0.5, 0.6) is 0 Å². The van der Waals surface area contributed by atoms with E-state index in [4.69, 9.17) is 35.3 Å². The number of urea groups is 1. The Balaban J connectivity index is 0.761. The number of primary amides is 1. The second kappa shape index (κ2) is 61.7. The number of nitrogens with one attached hydrogen (secondary N) is 13.